The summed E-state index contributed by atoms with van der Waals surface area (Å²) in [7, 11) is 1.43. The average Bonchev–Trinajstić information content (AvgIpc) is 3.20. The second-order valence-electron chi connectivity index (χ2n) is 8.25. The third kappa shape index (κ3) is 4.98. The van der Waals surface area contributed by atoms with E-state index in [-0.39, 0.29) is 31.1 Å². The summed E-state index contributed by atoms with van der Waals surface area (Å²) < 4.78 is 5.49. The zero-order valence-electron chi connectivity index (χ0n) is 19.5. The van der Waals surface area contributed by atoms with E-state index >= 15 is 0 Å². The lowest BCUT2D eigenvalue weighted by Gasteiger charge is -2.23. The number of nitrogens with zero attached hydrogens (tertiary/aromatic N) is 3. The molecule has 0 bridgehead atoms. The van der Waals surface area contributed by atoms with E-state index in [0.717, 1.165) is 27.2 Å². The molecule has 0 radical (unpaired) electrons. The second kappa shape index (κ2) is 10.3. The highest BCUT2D eigenvalue weighted by atomic mass is 16.5. The van der Waals surface area contributed by atoms with Gasteiger partial charge in [0.05, 0.1) is 12.1 Å². The zero-order chi connectivity index (χ0) is 24.9. The number of rotatable bonds is 8. The number of carboxylic acids is 1. The molecule has 1 aliphatic rings. The quantitative estimate of drug-likeness (QED) is 0.513. The molecule has 3 aromatic rings. The standard InChI is InChI=1S/C26H26N4O5/c1-3-22(25(32)33)30(2)24(31)16-12-27-23(28-13-16)14-29-26(34)35-15-21-19-10-6-4-8-17(19)18-9-5-7-11-20(18)21/h4-13,21-22H,3,14-15H2,1-2H3,(H,29,34)(H,32,33). The van der Waals surface area contributed by atoms with Crippen molar-refractivity contribution < 1.29 is 24.2 Å². The molecule has 1 unspecified atom stereocenters. The number of alkyl carbamates (subject to hydrolysis) is 1. The second-order valence-corrected chi connectivity index (χ2v) is 8.25. The average molecular weight is 475 g/mol. The first-order chi connectivity index (χ1) is 16.9. The molecular formula is C26H26N4O5. The minimum atomic E-state index is -1.08. The number of carbonyl (C=O) groups is 3. The molecule has 2 N–H and O–H groups in total. The van der Waals surface area contributed by atoms with E-state index in [1.807, 2.05) is 24.3 Å². The van der Waals surface area contributed by atoms with Crippen LogP contribution in [-0.2, 0) is 16.1 Å². The Kier molecular flexibility index (Phi) is 7.05. The number of carboxylic acid groups (broad SMARTS) is 1. The van der Waals surface area contributed by atoms with Gasteiger partial charge in [0.2, 0.25) is 0 Å². The molecule has 0 saturated carbocycles. The van der Waals surface area contributed by atoms with Crippen molar-refractivity contribution >= 4 is 18.0 Å². The fraction of sp³-hybridized carbons (Fsp3) is 0.269. The van der Waals surface area contributed by atoms with E-state index in [4.69, 9.17) is 4.74 Å². The maximum Gasteiger partial charge on any atom is 0.407 e. The van der Waals surface area contributed by atoms with Crippen LogP contribution in [0.1, 0.15) is 46.6 Å². The number of aliphatic carboxylic acids is 1. The molecule has 9 nitrogen and oxygen atoms in total. The number of nitrogens with one attached hydrogen (secondary N) is 1. The van der Waals surface area contributed by atoms with Gasteiger partial charge in [-0.15, -0.1) is 0 Å². The van der Waals surface area contributed by atoms with Crippen LogP contribution < -0.4 is 5.32 Å². The van der Waals surface area contributed by atoms with Crippen molar-refractivity contribution in [1.29, 1.82) is 0 Å². The Morgan fingerprint density at radius 1 is 1.03 bits per heavy atom. The summed E-state index contributed by atoms with van der Waals surface area (Å²) in [6.45, 7) is 1.91. The molecule has 0 fully saturated rings. The van der Waals surface area contributed by atoms with Gasteiger partial charge in [-0.1, -0.05) is 55.5 Å². The van der Waals surface area contributed by atoms with Crippen molar-refractivity contribution in [1.82, 2.24) is 20.2 Å². The van der Waals surface area contributed by atoms with Gasteiger partial charge in [0.1, 0.15) is 18.5 Å². The van der Waals surface area contributed by atoms with Crippen LogP contribution in [0.4, 0.5) is 4.79 Å². The molecule has 1 heterocycles. The van der Waals surface area contributed by atoms with Gasteiger partial charge >= 0.3 is 12.1 Å². The molecule has 0 aliphatic heterocycles. The van der Waals surface area contributed by atoms with Crippen LogP contribution in [0.3, 0.4) is 0 Å². The Morgan fingerprint density at radius 3 is 2.14 bits per heavy atom. The van der Waals surface area contributed by atoms with Crippen LogP contribution in [0.25, 0.3) is 11.1 Å². The molecule has 35 heavy (non-hydrogen) atoms. The highest BCUT2D eigenvalue weighted by Crippen LogP contribution is 2.44. The van der Waals surface area contributed by atoms with Gasteiger partial charge in [0.25, 0.3) is 5.91 Å². The first kappa shape index (κ1) is 23.9. The summed E-state index contributed by atoms with van der Waals surface area (Å²) in [5, 5.41) is 11.9. The fourth-order valence-electron chi connectivity index (χ4n) is 4.32. The number of benzene rings is 2. The third-order valence-electron chi connectivity index (χ3n) is 6.15. The zero-order valence-corrected chi connectivity index (χ0v) is 19.5. The molecular weight excluding hydrogens is 448 g/mol. The summed E-state index contributed by atoms with van der Waals surface area (Å²) in [6.07, 6.45) is 2.31. The highest BCUT2D eigenvalue weighted by molar-refractivity contribution is 5.95. The monoisotopic (exact) mass is 474 g/mol. The number of hydrogen-bond donors (Lipinski definition) is 2. The van der Waals surface area contributed by atoms with Crippen LogP contribution in [0.2, 0.25) is 0 Å². The summed E-state index contributed by atoms with van der Waals surface area (Å²) in [5.41, 5.74) is 4.72. The molecule has 4 rings (SSSR count). The fourth-order valence-corrected chi connectivity index (χ4v) is 4.32. The Labute approximate surface area is 202 Å². The van der Waals surface area contributed by atoms with Gasteiger partial charge in [-0.2, -0.15) is 0 Å². The number of amides is 2. The van der Waals surface area contributed by atoms with Gasteiger partial charge in [0.15, 0.2) is 0 Å². The maximum absolute atomic E-state index is 12.5. The molecule has 0 spiro atoms. The summed E-state index contributed by atoms with van der Waals surface area (Å²) in [4.78, 5) is 45.5. The number of likely N-dealkylation sites (N-methyl/N-ethyl adjacent to an activating group) is 1. The van der Waals surface area contributed by atoms with Crippen LogP contribution in [0.15, 0.2) is 60.9 Å². The van der Waals surface area contributed by atoms with Crippen LogP contribution in [0.5, 0.6) is 0 Å². The van der Waals surface area contributed by atoms with E-state index in [9.17, 15) is 19.5 Å². The first-order valence-electron chi connectivity index (χ1n) is 11.3. The largest absolute Gasteiger partial charge is 0.480 e. The van der Waals surface area contributed by atoms with Gasteiger partial charge in [-0.3, -0.25) is 4.79 Å². The van der Waals surface area contributed by atoms with E-state index in [1.54, 1.807) is 6.92 Å². The first-order valence-corrected chi connectivity index (χ1v) is 11.3. The summed E-state index contributed by atoms with van der Waals surface area (Å²) in [5.74, 6) is -1.31. The Hall–Kier alpha value is -4.27. The van der Waals surface area contributed by atoms with Crippen LogP contribution >= 0.6 is 0 Å². The molecule has 1 aliphatic carbocycles. The normalized spacial score (nSPS) is 12.9. The molecule has 2 aromatic carbocycles. The maximum atomic E-state index is 12.5. The summed E-state index contributed by atoms with van der Waals surface area (Å²) in [6, 6.07) is 15.3. The van der Waals surface area contributed by atoms with E-state index in [1.165, 1.54) is 19.4 Å². The van der Waals surface area contributed by atoms with Gasteiger partial charge in [-0.25, -0.2) is 19.6 Å². The highest BCUT2D eigenvalue weighted by Gasteiger charge is 2.29. The van der Waals surface area contributed by atoms with Crippen molar-refractivity contribution in [3.05, 3.63) is 83.4 Å². The van der Waals surface area contributed by atoms with E-state index in [0.29, 0.717) is 5.82 Å². The number of carbonyl (C=O) groups excluding carboxylic acids is 2. The van der Waals surface area contributed by atoms with Gasteiger partial charge in [-0.05, 0) is 28.7 Å². The van der Waals surface area contributed by atoms with Crippen molar-refractivity contribution in [2.75, 3.05) is 13.7 Å². The minimum absolute atomic E-state index is 0.0215. The lowest BCUT2D eigenvalue weighted by atomic mass is 9.98. The van der Waals surface area contributed by atoms with Gasteiger partial charge in [0, 0.05) is 25.4 Å². The van der Waals surface area contributed by atoms with Gasteiger partial charge < -0.3 is 20.1 Å². The van der Waals surface area contributed by atoms with Crippen molar-refractivity contribution in [2.24, 2.45) is 0 Å². The SMILES string of the molecule is CCC(C(=O)O)N(C)C(=O)c1cnc(CNC(=O)OCC2c3ccccc3-c3ccccc32)nc1. The minimum Gasteiger partial charge on any atom is -0.480 e. The summed E-state index contributed by atoms with van der Waals surface area (Å²) >= 11 is 0. The van der Waals surface area contributed by atoms with Crippen molar-refractivity contribution in [2.45, 2.75) is 31.8 Å². The smallest absolute Gasteiger partial charge is 0.407 e. The predicted octanol–water partition coefficient (Wildman–Crippen LogP) is 3.45. The van der Waals surface area contributed by atoms with E-state index < -0.39 is 24.0 Å². The lowest BCUT2D eigenvalue weighted by molar-refractivity contribution is -0.142. The Morgan fingerprint density at radius 2 is 1.60 bits per heavy atom. The number of ether oxygens (including phenoxy) is 1. The lowest BCUT2D eigenvalue weighted by Crippen LogP contribution is -2.42. The number of aromatic nitrogens is 2. The number of hydrogen-bond acceptors (Lipinski definition) is 6. The third-order valence-corrected chi connectivity index (χ3v) is 6.15. The molecule has 0 saturated heterocycles. The molecule has 1 aromatic heterocycles. The van der Waals surface area contributed by atoms with E-state index in [2.05, 4.69) is 39.6 Å². The Balaban J connectivity index is 1.32. The van der Waals surface area contributed by atoms with Crippen molar-refractivity contribution in [3.63, 3.8) is 0 Å². The Bertz CT molecular complexity index is 1200. The number of fused-ring (bicyclic) bond motifs is 3. The molecule has 2 amide bonds. The molecule has 180 valence electrons. The molecule has 1 atom stereocenters. The topological polar surface area (TPSA) is 122 Å². The van der Waals surface area contributed by atoms with Crippen LogP contribution in [-0.4, -0.2) is 57.6 Å². The predicted molar refractivity (Wildman–Crippen MR) is 128 cm³/mol. The van der Waals surface area contributed by atoms with Crippen molar-refractivity contribution in [3.8, 4) is 11.1 Å². The van der Waals surface area contributed by atoms with Crippen LogP contribution in [0, 0.1) is 0 Å². The molecule has 9 heteroatoms.